The van der Waals surface area contributed by atoms with Crippen molar-refractivity contribution < 1.29 is 23.8 Å². The molecule has 1 fully saturated rings. The van der Waals surface area contributed by atoms with E-state index in [2.05, 4.69) is 27.3 Å². The third-order valence-corrected chi connectivity index (χ3v) is 6.76. The lowest BCUT2D eigenvalue weighted by atomic mass is 10.0. The first kappa shape index (κ1) is 27.8. The van der Waals surface area contributed by atoms with Crippen LogP contribution in [-0.2, 0) is 27.1 Å². The maximum atomic E-state index is 12.8. The van der Waals surface area contributed by atoms with Crippen LogP contribution in [0.3, 0.4) is 0 Å². The Balaban J connectivity index is 1.31. The lowest BCUT2D eigenvalue weighted by Crippen LogP contribution is -2.59. The Morgan fingerprint density at radius 1 is 1.16 bits per heavy atom. The number of ether oxygens (including phenoxy) is 3. The van der Waals surface area contributed by atoms with Gasteiger partial charge in [-0.15, -0.1) is 0 Å². The molecule has 4 heterocycles. The Morgan fingerprint density at radius 2 is 1.95 bits per heavy atom. The number of anilines is 1. The third-order valence-electron chi connectivity index (χ3n) is 6.76. The Labute approximate surface area is 224 Å². The minimum absolute atomic E-state index is 0.186. The first-order valence-corrected chi connectivity index (χ1v) is 13.2. The Morgan fingerprint density at radius 3 is 2.61 bits per heavy atom. The van der Waals surface area contributed by atoms with Crippen LogP contribution in [0, 0.1) is 0 Å². The van der Waals surface area contributed by atoms with Gasteiger partial charge in [0, 0.05) is 62.6 Å². The Hall–Kier alpha value is -3.24. The number of nitrogens with zero attached hydrogens (tertiary/aromatic N) is 4. The summed E-state index contributed by atoms with van der Waals surface area (Å²) < 4.78 is 15.7. The van der Waals surface area contributed by atoms with Crippen LogP contribution < -0.4 is 15.0 Å². The van der Waals surface area contributed by atoms with Gasteiger partial charge in [-0.1, -0.05) is 12.1 Å². The van der Waals surface area contributed by atoms with Crippen LogP contribution in [0.15, 0.2) is 30.5 Å². The number of pyridine rings is 2. The molecule has 1 N–H and O–H groups in total. The van der Waals surface area contributed by atoms with E-state index >= 15 is 0 Å². The van der Waals surface area contributed by atoms with E-state index < -0.39 is 5.60 Å². The van der Waals surface area contributed by atoms with Gasteiger partial charge in [0.25, 0.3) is 0 Å². The zero-order valence-corrected chi connectivity index (χ0v) is 23.0. The molecule has 1 amide bonds. The number of rotatable bonds is 9. The number of carbonyl (C=O) groups excluding carboxylic acids is 2. The predicted molar refractivity (Wildman–Crippen MR) is 143 cm³/mol. The summed E-state index contributed by atoms with van der Waals surface area (Å²) in [4.78, 5) is 37.9. The smallest absolute Gasteiger partial charge is 0.416 e. The van der Waals surface area contributed by atoms with Crippen molar-refractivity contribution in [1.29, 1.82) is 0 Å². The summed E-state index contributed by atoms with van der Waals surface area (Å²) in [7, 11) is 2.98. The van der Waals surface area contributed by atoms with Gasteiger partial charge in [-0.2, -0.15) is 0 Å². The summed E-state index contributed by atoms with van der Waals surface area (Å²) in [5, 5.41) is 3.58. The molecular formula is C28H39N5O5. The molecule has 2 aromatic rings. The first-order valence-electron chi connectivity index (χ1n) is 13.2. The van der Waals surface area contributed by atoms with Crippen LogP contribution >= 0.6 is 0 Å². The van der Waals surface area contributed by atoms with E-state index in [9.17, 15) is 9.59 Å². The summed E-state index contributed by atoms with van der Waals surface area (Å²) in [5.41, 5.74) is 2.42. The van der Waals surface area contributed by atoms with Crippen LogP contribution in [0.2, 0.25) is 0 Å². The van der Waals surface area contributed by atoms with E-state index in [1.807, 2.05) is 26.8 Å². The fraction of sp³-hybridized carbons (Fsp3) is 0.571. The lowest BCUT2D eigenvalue weighted by molar-refractivity contribution is -0.141. The molecular weight excluding hydrogens is 486 g/mol. The molecule has 0 bridgehead atoms. The van der Waals surface area contributed by atoms with Crippen LogP contribution in [0.4, 0.5) is 10.6 Å². The van der Waals surface area contributed by atoms with Crippen molar-refractivity contribution >= 4 is 17.9 Å². The van der Waals surface area contributed by atoms with Crippen molar-refractivity contribution in [1.82, 2.24) is 20.2 Å². The average molecular weight is 526 g/mol. The monoisotopic (exact) mass is 525 g/mol. The molecule has 2 aliphatic rings. The molecule has 2 aromatic heterocycles. The summed E-state index contributed by atoms with van der Waals surface area (Å²) in [5.74, 6) is 0.990. The predicted octanol–water partition coefficient (Wildman–Crippen LogP) is 3.29. The molecule has 1 atom stereocenters. The Kier molecular flexibility index (Phi) is 8.83. The van der Waals surface area contributed by atoms with E-state index in [1.165, 1.54) is 7.11 Å². The van der Waals surface area contributed by atoms with Crippen molar-refractivity contribution in [2.75, 3.05) is 45.3 Å². The largest absolute Gasteiger partial charge is 0.481 e. The van der Waals surface area contributed by atoms with E-state index in [4.69, 9.17) is 19.2 Å². The number of fused-ring (bicyclic) bond motifs is 1. The number of likely N-dealkylation sites (tertiary alicyclic amines) is 1. The standard InChI is InChI=1S/C28H39N5O5/c1-28(2,3)38-27(35)33-13-6-7-19-8-10-21(31-26(19)33)12-14-32-17-22(18-32)30-23(15-25(34)37-5)20-9-11-24(36-4)29-16-20/h8-11,16,22-23,30H,6-7,12-15,17-18H2,1-5H3/t23-/m0/s1. The van der Waals surface area contributed by atoms with Gasteiger partial charge in [-0.05, 0) is 50.8 Å². The number of methoxy groups -OCH3 is 2. The topological polar surface area (TPSA) is 106 Å². The van der Waals surface area contributed by atoms with Gasteiger partial charge in [0.15, 0.2) is 0 Å². The van der Waals surface area contributed by atoms with E-state index in [-0.39, 0.29) is 30.6 Å². The van der Waals surface area contributed by atoms with Crippen molar-refractivity contribution in [3.05, 3.63) is 47.3 Å². The molecule has 2 aliphatic heterocycles. The number of carbonyl (C=O) groups is 2. The van der Waals surface area contributed by atoms with E-state index in [0.29, 0.717) is 12.4 Å². The van der Waals surface area contributed by atoms with E-state index in [1.54, 1.807) is 24.3 Å². The van der Waals surface area contributed by atoms with Crippen molar-refractivity contribution in [2.45, 2.75) is 64.1 Å². The zero-order chi connectivity index (χ0) is 27.3. The molecule has 10 nitrogen and oxygen atoms in total. The highest BCUT2D eigenvalue weighted by Crippen LogP contribution is 2.28. The van der Waals surface area contributed by atoms with Crippen molar-refractivity contribution in [3.8, 4) is 5.88 Å². The maximum absolute atomic E-state index is 12.8. The number of esters is 1. The van der Waals surface area contributed by atoms with Gasteiger partial charge >= 0.3 is 12.1 Å². The fourth-order valence-corrected chi connectivity index (χ4v) is 4.77. The zero-order valence-electron chi connectivity index (χ0n) is 23.0. The number of amides is 1. The first-order chi connectivity index (χ1) is 18.1. The number of aryl methyl sites for hydroxylation is 1. The van der Waals surface area contributed by atoms with Gasteiger partial charge in [0.05, 0.1) is 20.6 Å². The molecule has 0 unspecified atom stereocenters. The normalized spacial score (nSPS) is 16.8. The second-order valence-corrected chi connectivity index (χ2v) is 10.9. The van der Waals surface area contributed by atoms with E-state index in [0.717, 1.165) is 61.5 Å². The fourth-order valence-electron chi connectivity index (χ4n) is 4.77. The van der Waals surface area contributed by atoms with Gasteiger partial charge < -0.3 is 19.5 Å². The molecule has 4 rings (SSSR count). The van der Waals surface area contributed by atoms with Crippen LogP contribution in [-0.4, -0.2) is 79.0 Å². The minimum Gasteiger partial charge on any atom is -0.481 e. The number of hydrogen-bond donors (Lipinski definition) is 1. The van der Waals surface area contributed by atoms with Crippen molar-refractivity contribution in [3.63, 3.8) is 0 Å². The SMILES string of the molecule is COC(=O)C[C@H](NC1CN(CCc2ccc3c(n2)N(C(=O)OC(C)(C)C)CCC3)C1)c1ccc(OC)nc1. The Bertz CT molecular complexity index is 1110. The number of hydrogen-bond acceptors (Lipinski definition) is 9. The highest BCUT2D eigenvalue weighted by molar-refractivity contribution is 5.88. The summed E-state index contributed by atoms with van der Waals surface area (Å²) in [6, 6.07) is 7.94. The minimum atomic E-state index is -0.547. The summed E-state index contributed by atoms with van der Waals surface area (Å²) >= 11 is 0. The molecule has 38 heavy (non-hydrogen) atoms. The molecule has 1 saturated heterocycles. The summed E-state index contributed by atoms with van der Waals surface area (Å²) in [6.45, 7) is 8.85. The van der Waals surface area contributed by atoms with Crippen LogP contribution in [0.5, 0.6) is 5.88 Å². The highest BCUT2D eigenvalue weighted by atomic mass is 16.6. The quantitative estimate of drug-likeness (QED) is 0.494. The molecule has 0 aromatic carbocycles. The van der Waals surface area contributed by atoms with Gasteiger partial charge in [0.2, 0.25) is 5.88 Å². The molecule has 0 aliphatic carbocycles. The van der Waals surface area contributed by atoms with Gasteiger partial charge in [-0.25, -0.2) is 14.8 Å². The van der Waals surface area contributed by atoms with Gasteiger partial charge in [0.1, 0.15) is 11.4 Å². The highest BCUT2D eigenvalue weighted by Gasteiger charge is 2.31. The average Bonchev–Trinajstić information content (AvgIpc) is 2.87. The molecule has 0 saturated carbocycles. The van der Waals surface area contributed by atoms with Crippen LogP contribution in [0.1, 0.15) is 56.5 Å². The third kappa shape index (κ3) is 7.20. The maximum Gasteiger partial charge on any atom is 0.416 e. The van der Waals surface area contributed by atoms with Crippen LogP contribution in [0.25, 0.3) is 0 Å². The second kappa shape index (κ2) is 12.1. The molecule has 206 valence electrons. The lowest BCUT2D eigenvalue weighted by Gasteiger charge is -2.41. The second-order valence-electron chi connectivity index (χ2n) is 10.9. The van der Waals surface area contributed by atoms with Crippen molar-refractivity contribution in [2.24, 2.45) is 0 Å². The molecule has 0 radical (unpaired) electrons. The number of aromatic nitrogens is 2. The summed E-state index contributed by atoms with van der Waals surface area (Å²) in [6.07, 6.45) is 4.23. The molecule has 0 spiro atoms. The van der Waals surface area contributed by atoms with Gasteiger partial charge in [-0.3, -0.25) is 14.6 Å². The number of nitrogens with one attached hydrogen (secondary N) is 1. The molecule has 10 heteroatoms.